The van der Waals surface area contributed by atoms with Crippen molar-refractivity contribution in [2.24, 2.45) is 0 Å². The van der Waals surface area contributed by atoms with Crippen molar-refractivity contribution < 1.29 is 9.21 Å². The maximum Gasteiger partial charge on any atom is 0.234 e. The lowest BCUT2D eigenvalue weighted by atomic mass is 9.86. The Kier molecular flexibility index (Phi) is 5.46. The van der Waals surface area contributed by atoms with Crippen LogP contribution < -0.4 is 5.32 Å². The van der Waals surface area contributed by atoms with E-state index in [1.807, 2.05) is 41.0 Å². The maximum absolute atomic E-state index is 12.4. The molecule has 2 aromatic heterocycles. The Hall–Kier alpha value is -2.54. The van der Waals surface area contributed by atoms with Crippen LogP contribution in [0.1, 0.15) is 32.1 Å². The number of para-hydroxylation sites is 1. The highest BCUT2D eigenvalue weighted by Crippen LogP contribution is 2.29. The zero-order chi connectivity index (χ0) is 18.6. The number of furan rings is 1. The quantitative estimate of drug-likeness (QED) is 0.665. The molecule has 7 heteroatoms. The highest BCUT2D eigenvalue weighted by atomic mass is 32.2. The monoisotopic (exact) mass is 370 g/mol. The van der Waals surface area contributed by atoms with Crippen LogP contribution in [0.2, 0.25) is 0 Å². The lowest BCUT2D eigenvalue weighted by Crippen LogP contribution is -2.20. The van der Waals surface area contributed by atoms with Crippen LogP contribution in [0.4, 0.5) is 5.69 Å². The van der Waals surface area contributed by atoms with Crippen molar-refractivity contribution in [2.45, 2.75) is 37.9 Å². The number of anilines is 1. The van der Waals surface area contributed by atoms with E-state index in [4.69, 9.17) is 4.42 Å². The predicted octanol–water partition coefficient (Wildman–Crippen LogP) is 3.95. The van der Waals surface area contributed by atoms with Gasteiger partial charge in [-0.1, -0.05) is 50.7 Å². The summed E-state index contributed by atoms with van der Waals surface area (Å²) in [6.07, 6.45) is 3.27. The molecule has 0 aliphatic heterocycles. The molecule has 0 aliphatic rings. The average Bonchev–Trinajstić information content (AvgIpc) is 3.25. The first kappa shape index (κ1) is 18.3. The van der Waals surface area contributed by atoms with Crippen LogP contribution in [0, 0.1) is 0 Å². The van der Waals surface area contributed by atoms with Crippen molar-refractivity contribution in [3.05, 3.63) is 60.3 Å². The van der Waals surface area contributed by atoms with Gasteiger partial charge in [-0.15, -0.1) is 10.2 Å². The summed E-state index contributed by atoms with van der Waals surface area (Å²) in [5.74, 6) is 1.00. The first-order valence-corrected chi connectivity index (χ1v) is 9.34. The highest BCUT2D eigenvalue weighted by molar-refractivity contribution is 7.99. The fraction of sp³-hybridized carbons (Fsp3) is 0.316. The normalized spacial score (nSPS) is 11.5. The molecule has 0 saturated carbocycles. The lowest BCUT2D eigenvalue weighted by Gasteiger charge is -2.22. The number of carbonyl (C=O) groups is 1. The third kappa shape index (κ3) is 4.54. The van der Waals surface area contributed by atoms with Gasteiger partial charge < -0.3 is 14.3 Å². The number of benzene rings is 1. The van der Waals surface area contributed by atoms with Gasteiger partial charge in [0, 0.05) is 5.69 Å². The fourth-order valence-corrected chi connectivity index (χ4v) is 3.31. The lowest BCUT2D eigenvalue weighted by molar-refractivity contribution is -0.113. The number of nitrogens with zero attached hydrogens (tertiary/aromatic N) is 3. The number of hydrogen-bond acceptors (Lipinski definition) is 5. The average molecular weight is 370 g/mol. The van der Waals surface area contributed by atoms with E-state index in [2.05, 4.69) is 36.3 Å². The first-order chi connectivity index (χ1) is 12.4. The Morgan fingerprint density at radius 3 is 2.77 bits per heavy atom. The van der Waals surface area contributed by atoms with Gasteiger partial charge in [0.1, 0.15) is 12.1 Å². The molecule has 26 heavy (non-hydrogen) atoms. The molecule has 1 aromatic carbocycles. The van der Waals surface area contributed by atoms with Crippen LogP contribution >= 0.6 is 11.8 Å². The van der Waals surface area contributed by atoms with E-state index in [1.165, 1.54) is 11.8 Å². The Balaban J connectivity index is 1.62. The summed E-state index contributed by atoms with van der Waals surface area (Å²) in [7, 11) is 0. The molecule has 3 aromatic rings. The van der Waals surface area contributed by atoms with Crippen LogP contribution in [-0.4, -0.2) is 26.4 Å². The molecule has 0 spiro atoms. The molecule has 0 fully saturated rings. The minimum atomic E-state index is -0.0701. The smallest absolute Gasteiger partial charge is 0.234 e. The Bertz CT molecular complexity index is 866. The maximum atomic E-state index is 12.4. The molecule has 6 nitrogen and oxygen atoms in total. The van der Waals surface area contributed by atoms with Crippen molar-refractivity contribution in [2.75, 3.05) is 11.1 Å². The third-order valence-electron chi connectivity index (χ3n) is 3.83. The minimum absolute atomic E-state index is 0.0414. The Labute approximate surface area is 157 Å². The summed E-state index contributed by atoms with van der Waals surface area (Å²) in [5, 5.41) is 11.7. The molecule has 0 saturated heterocycles. The second kappa shape index (κ2) is 7.78. The SMILES string of the molecule is CC(C)(C)c1ccccc1NC(=O)CSc1nncn1Cc1ccco1. The largest absolute Gasteiger partial charge is 0.467 e. The molecule has 3 rings (SSSR count). The number of thioether (sulfide) groups is 1. The Morgan fingerprint density at radius 1 is 1.23 bits per heavy atom. The molecule has 2 heterocycles. The van der Waals surface area contributed by atoms with Crippen LogP contribution in [0.25, 0.3) is 0 Å². The molecule has 1 amide bonds. The number of aromatic nitrogens is 3. The summed E-state index contributed by atoms with van der Waals surface area (Å²) in [4.78, 5) is 12.4. The van der Waals surface area contributed by atoms with Crippen molar-refractivity contribution in [1.29, 1.82) is 0 Å². The second-order valence-electron chi connectivity index (χ2n) is 6.95. The van der Waals surface area contributed by atoms with Crippen LogP contribution in [-0.2, 0) is 16.8 Å². The predicted molar refractivity (Wildman–Crippen MR) is 102 cm³/mol. The Morgan fingerprint density at radius 2 is 2.04 bits per heavy atom. The molecule has 0 atom stereocenters. The summed E-state index contributed by atoms with van der Waals surface area (Å²) < 4.78 is 7.21. The van der Waals surface area contributed by atoms with E-state index < -0.39 is 0 Å². The van der Waals surface area contributed by atoms with Crippen molar-refractivity contribution in [3.8, 4) is 0 Å². The molecule has 0 aliphatic carbocycles. The van der Waals surface area contributed by atoms with E-state index in [1.54, 1.807) is 12.6 Å². The summed E-state index contributed by atoms with van der Waals surface area (Å²) in [5.41, 5.74) is 1.92. The number of nitrogens with one attached hydrogen (secondary N) is 1. The van der Waals surface area contributed by atoms with Crippen molar-refractivity contribution >= 4 is 23.4 Å². The van der Waals surface area contributed by atoms with E-state index in [0.717, 1.165) is 17.0 Å². The van der Waals surface area contributed by atoms with Gasteiger partial charge in [-0.2, -0.15) is 0 Å². The summed E-state index contributed by atoms with van der Waals surface area (Å²) in [6.45, 7) is 6.92. The number of amides is 1. The van der Waals surface area contributed by atoms with Crippen LogP contribution in [0.3, 0.4) is 0 Å². The zero-order valence-corrected chi connectivity index (χ0v) is 15.9. The van der Waals surface area contributed by atoms with Crippen LogP contribution in [0.5, 0.6) is 0 Å². The second-order valence-corrected chi connectivity index (χ2v) is 7.90. The molecule has 136 valence electrons. The minimum Gasteiger partial charge on any atom is -0.467 e. The number of hydrogen-bond donors (Lipinski definition) is 1. The standard InChI is InChI=1S/C19H22N4O2S/c1-19(2,3)15-8-4-5-9-16(15)21-17(24)12-26-18-22-20-13-23(18)11-14-7-6-10-25-14/h4-10,13H,11-12H2,1-3H3,(H,21,24). The van der Waals surface area contributed by atoms with E-state index in [9.17, 15) is 4.79 Å². The van der Waals surface area contributed by atoms with Gasteiger partial charge >= 0.3 is 0 Å². The summed E-state index contributed by atoms with van der Waals surface area (Å²) >= 11 is 1.35. The zero-order valence-electron chi connectivity index (χ0n) is 15.1. The fourth-order valence-electron chi connectivity index (χ4n) is 2.60. The molecular formula is C19H22N4O2S. The van der Waals surface area contributed by atoms with Gasteiger partial charge in [-0.3, -0.25) is 4.79 Å². The molecule has 0 radical (unpaired) electrons. The van der Waals surface area contributed by atoms with Crippen molar-refractivity contribution in [1.82, 2.24) is 14.8 Å². The van der Waals surface area contributed by atoms with E-state index >= 15 is 0 Å². The van der Waals surface area contributed by atoms with Gasteiger partial charge in [-0.25, -0.2) is 0 Å². The topological polar surface area (TPSA) is 73.0 Å². The third-order valence-corrected chi connectivity index (χ3v) is 4.81. The van der Waals surface area contributed by atoms with Gasteiger partial charge in [0.15, 0.2) is 5.16 Å². The first-order valence-electron chi connectivity index (χ1n) is 8.36. The molecule has 0 bridgehead atoms. The summed E-state index contributed by atoms with van der Waals surface area (Å²) in [6, 6.07) is 11.6. The number of carbonyl (C=O) groups excluding carboxylic acids is 1. The van der Waals surface area contributed by atoms with Crippen LogP contribution in [0.15, 0.2) is 58.6 Å². The van der Waals surface area contributed by atoms with E-state index in [0.29, 0.717) is 11.7 Å². The molecule has 1 N–H and O–H groups in total. The number of rotatable bonds is 6. The molecule has 0 unspecified atom stereocenters. The van der Waals surface area contributed by atoms with E-state index in [-0.39, 0.29) is 17.1 Å². The van der Waals surface area contributed by atoms with Gasteiger partial charge in [0.2, 0.25) is 5.91 Å². The van der Waals surface area contributed by atoms with Gasteiger partial charge in [0.25, 0.3) is 0 Å². The highest BCUT2D eigenvalue weighted by Gasteiger charge is 2.19. The van der Waals surface area contributed by atoms with Gasteiger partial charge in [-0.05, 0) is 29.2 Å². The molecular weight excluding hydrogens is 348 g/mol. The van der Waals surface area contributed by atoms with Crippen molar-refractivity contribution in [3.63, 3.8) is 0 Å². The van der Waals surface area contributed by atoms with Gasteiger partial charge in [0.05, 0.1) is 18.6 Å².